The number of amides is 1. The number of benzene rings is 1. The predicted molar refractivity (Wildman–Crippen MR) is 77.3 cm³/mol. The molecule has 1 aliphatic rings. The number of nitrogens with two attached hydrogens (primary N) is 1. The molecule has 1 aliphatic heterocycles. The Bertz CT molecular complexity index is 723. The number of likely N-dealkylation sites (N-methyl/N-ethyl adjacent to an activating group) is 1. The second-order valence-electron chi connectivity index (χ2n) is 4.62. The zero-order valence-electron chi connectivity index (χ0n) is 11.4. The molecular formula is C14H14N4O3. The summed E-state index contributed by atoms with van der Waals surface area (Å²) in [5.41, 5.74) is 7.87. The Morgan fingerprint density at radius 2 is 2.33 bits per heavy atom. The zero-order chi connectivity index (χ0) is 15.0. The van der Waals surface area contributed by atoms with Crippen LogP contribution in [0, 0.1) is 0 Å². The molecule has 0 atom stereocenters. The number of carbonyl (C=O) groups excluding carboxylic acids is 2. The molecule has 1 amide bonds. The highest BCUT2D eigenvalue weighted by atomic mass is 16.5. The molecule has 0 saturated carbocycles. The number of aldehydes is 1. The molecule has 0 unspecified atom stereocenters. The zero-order valence-corrected chi connectivity index (χ0v) is 11.4. The smallest absolute Gasteiger partial charge is 0.265 e. The summed E-state index contributed by atoms with van der Waals surface area (Å²) in [7, 11) is 0. The van der Waals surface area contributed by atoms with Gasteiger partial charge in [0.1, 0.15) is 5.75 Å². The van der Waals surface area contributed by atoms with E-state index >= 15 is 0 Å². The number of fused-ring (bicyclic) bond motifs is 1. The van der Waals surface area contributed by atoms with Gasteiger partial charge in [0.15, 0.2) is 18.7 Å². The van der Waals surface area contributed by atoms with Gasteiger partial charge in [0.05, 0.1) is 16.9 Å². The van der Waals surface area contributed by atoms with Crippen LogP contribution in [0.2, 0.25) is 0 Å². The Hall–Kier alpha value is -2.83. The third kappa shape index (κ3) is 2.03. The maximum absolute atomic E-state index is 11.9. The number of anilines is 2. The van der Waals surface area contributed by atoms with Crippen molar-refractivity contribution in [3.63, 3.8) is 0 Å². The quantitative estimate of drug-likeness (QED) is 0.826. The van der Waals surface area contributed by atoms with Crippen LogP contribution in [-0.2, 0) is 4.79 Å². The van der Waals surface area contributed by atoms with Gasteiger partial charge in [-0.3, -0.25) is 14.7 Å². The summed E-state index contributed by atoms with van der Waals surface area (Å²) in [6.07, 6.45) is 0.660. The fourth-order valence-corrected chi connectivity index (χ4v) is 2.41. The Morgan fingerprint density at radius 1 is 1.52 bits per heavy atom. The van der Waals surface area contributed by atoms with Crippen molar-refractivity contribution in [2.24, 2.45) is 0 Å². The minimum atomic E-state index is -0.0955. The lowest BCUT2D eigenvalue weighted by molar-refractivity contribution is -0.121. The molecule has 7 nitrogen and oxygen atoms in total. The SMILES string of the molecule is CCN1C(=O)COc2ccc(-c3[nH]nc(N)c3C=O)cc21. The van der Waals surface area contributed by atoms with Gasteiger partial charge < -0.3 is 15.4 Å². The number of aromatic nitrogens is 2. The molecule has 108 valence electrons. The number of carbonyl (C=O) groups is 2. The molecule has 0 spiro atoms. The maximum Gasteiger partial charge on any atom is 0.265 e. The fourth-order valence-electron chi connectivity index (χ4n) is 2.41. The summed E-state index contributed by atoms with van der Waals surface area (Å²) in [6, 6.07) is 5.35. The summed E-state index contributed by atoms with van der Waals surface area (Å²) in [4.78, 5) is 24.6. The van der Waals surface area contributed by atoms with E-state index < -0.39 is 0 Å². The van der Waals surface area contributed by atoms with Crippen molar-refractivity contribution in [3.8, 4) is 17.0 Å². The number of rotatable bonds is 3. The van der Waals surface area contributed by atoms with Crippen LogP contribution in [0.4, 0.5) is 11.5 Å². The number of ether oxygens (including phenoxy) is 1. The largest absolute Gasteiger partial charge is 0.482 e. The molecule has 0 fully saturated rings. The maximum atomic E-state index is 11.9. The Kier molecular flexibility index (Phi) is 3.09. The van der Waals surface area contributed by atoms with Gasteiger partial charge in [0, 0.05) is 12.1 Å². The highest BCUT2D eigenvalue weighted by Crippen LogP contribution is 2.36. The van der Waals surface area contributed by atoms with Crippen molar-refractivity contribution >= 4 is 23.7 Å². The highest BCUT2D eigenvalue weighted by Gasteiger charge is 2.25. The average molecular weight is 286 g/mol. The topological polar surface area (TPSA) is 101 Å². The third-order valence-electron chi connectivity index (χ3n) is 3.46. The molecule has 1 aromatic carbocycles. The molecule has 0 saturated heterocycles. The Morgan fingerprint density at radius 3 is 3.05 bits per heavy atom. The number of hydrogen-bond donors (Lipinski definition) is 2. The number of H-pyrrole nitrogens is 1. The normalized spacial score (nSPS) is 13.8. The van der Waals surface area contributed by atoms with E-state index in [1.165, 1.54) is 0 Å². The summed E-state index contributed by atoms with van der Waals surface area (Å²) in [6.45, 7) is 2.48. The Balaban J connectivity index is 2.12. The van der Waals surface area contributed by atoms with Gasteiger partial charge in [0.2, 0.25) is 0 Å². The summed E-state index contributed by atoms with van der Waals surface area (Å²) in [5, 5.41) is 6.58. The fraction of sp³-hybridized carbons (Fsp3) is 0.214. The van der Waals surface area contributed by atoms with Crippen LogP contribution in [0.5, 0.6) is 5.75 Å². The van der Waals surface area contributed by atoms with Crippen LogP contribution >= 0.6 is 0 Å². The van der Waals surface area contributed by atoms with Gasteiger partial charge in [-0.15, -0.1) is 0 Å². The van der Waals surface area contributed by atoms with E-state index in [2.05, 4.69) is 10.2 Å². The molecule has 0 aliphatic carbocycles. The first-order valence-corrected chi connectivity index (χ1v) is 6.52. The number of nitrogens with zero attached hydrogens (tertiary/aromatic N) is 2. The van der Waals surface area contributed by atoms with Crippen molar-refractivity contribution in [1.29, 1.82) is 0 Å². The molecule has 0 bridgehead atoms. The standard InChI is InChI=1S/C14H14N4O3/c1-2-18-10-5-8(3-4-11(10)21-7-12(18)20)13-9(6-19)14(15)17-16-13/h3-6H,2,7H2,1H3,(H3,15,16,17). The lowest BCUT2D eigenvalue weighted by atomic mass is 10.1. The lowest BCUT2D eigenvalue weighted by Crippen LogP contribution is -2.38. The first-order valence-electron chi connectivity index (χ1n) is 6.52. The average Bonchev–Trinajstić information content (AvgIpc) is 2.87. The van der Waals surface area contributed by atoms with Gasteiger partial charge in [-0.2, -0.15) is 5.10 Å². The molecule has 0 radical (unpaired) electrons. The van der Waals surface area contributed by atoms with Crippen LogP contribution in [-0.4, -0.2) is 35.5 Å². The molecule has 21 heavy (non-hydrogen) atoms. The summed E-state index contributed by atoms with van der Waals surface area (Å²) in [5.74, 6) is 0.694. The molecule has 3 rings (SSSR count). The van der Waals surface area contributed by atoms with Gasteiger partial charge in [0.25, 0.3) is 5.91 Å². The monoisotopic (exact) mass is 286 g/mol. The molecular weight excluding hydrogens is 272 g/mol. The second kappa shape index (κ2) is 4.93. The van der Waals surface area contributed by atoms with Crippen molar-refractivity contribution in [2.75, 3.05) is 23.8 Å². The first-order chi connectivity index (χ1) is 10.2. The third-order valence-corrected chi connectivity index (χ3v) is 3.46. The van der Waals surface area contributed by atoms with Crippen molar-refractivity contribution in [3.05, 3.63) is 23.8 Å². The van der Waals surface area contributed by atoms with Crippen molar-refractivity contribution in [1.82, 2.24) is 10.2 Å². The van der Waals surface area contributed by atoms with Gasteiger partial charge in [-0.1, -0.05) is 0 Å². The molecule has 1 aromatic heterocycles. The second-order valence-corrected chi connectivity index (χ2v) is 4.62. The van der Waals surface area contributed by atoms with E-state index in [4.69, 9.17) is 10.5 Å². The van der Waals surface area contributed by atoms with Gasteiger partial charge in [-0.25, -0.2) is 0 Å². The van der Waals surface area contributed by atoms with E-state index in [1.807, 2.05) is 6.92 Å². The number of aromatic amines is 1. The van der Waals surface area contributed by atoms with Crippen LogP contribution in [0.3, 0.4) is 0 Å². The van der Waals surface area contributed by atoms with Crippen LogP contribution < -0.4 is 15.4 Å². The number of nitrogens with one attached hydrogen (secondary N) is 1. The lowest BCUT2D eigenvalue weighted by Gasteiger charge is -2.28. The number of nitrogen functional groups attached to an aromatic ring is 1. The molecule has 2 heterocycles. The van der Waals surface area contributed by atoms with E-state index in [0.29, 0.717) is 35.5 Å². The van der Waals surface area contributed by atoms with Crippen molar-refractivity contribution < 1.29 is 14.3 Å². The van der Waals surface area contributed by atoms with Crippen LogP contribution in [0.15, 0.2) is 18.2 Å². The minimum Gasteiger partial charge on any atom is -0.482 e. The van der Waals surface area contributed by atoms with E-state index in [9.17, 15) is 9.59 Å². The van der Waals surface area contributed by atoms with Gasteiger partial charge >= 0.3 is 0 Å². The van der Waals surface area contributed by atoms with Crippen LogP contribution in [0.1, 0.15) is 17.3 Å². The van der Waals surface area contributed by atoms with Crippen molar-refractivity contribution in [2.45, 2.75) is 6.92 Å². The molecule has 3 N–H and O–H groups in total. The van der Waals surface area contributed by atoms with E-state index in [0.717, 1.165) is 5.56 Å². The van der Waals surface area contributed by atoms with E-state index in [1.54, 1.807) is 23.1 Å². The van der Waals surface area contributed by atoms with Gasteiger partial charge in [-0.05, 0) is 25.1 Å². The van der Waals surface area contributed by atoms with Crippen LogP contribution in [0.25, 0.3) is 11.3 Å². The predicted octanol–water partition coefficient (Wildman–Crippen LogP) is 1.22. The highest BCUT2D eigenvalue weighted by molar-refractivity contribution is 5.99. The molecule has 7 heteroatoms. The summed E-state index contributed by atoms with van der Waals surface area (Å²) < 4.78 is 5.41. The molecule has 2 aromatic rings. The minimum absolute atomic E-state index is 0.0385. The Labute approximate surface area is 120 Å². The summed E-state index contributed by atoms with van der Waals surface area (Å²) >= 11 is 0. The first kappa shape index (κ1) is 13.2. The number of hydrogen-bond acceptors (Lipinski definition) is 5. The van der Waals surface area contributed by atoms with E-state index in [-0.39, 0.29) is 18.3 Å².